The second-order valence-corrected chi connectivity index (χ2v) is 3.89. The van der Waals surface area contributed by atoms with Gasteiger partial charge in [-0.1, -0.05) is 6.07 Å². The molecule has 0 bridgehead atoms. The Labute approximate surface area is 93.6 Å². The first-order valence-electron chi connectivity index (χ1n) is 5.30. The molecule has 0 aliphatic carbocycles. The Morgan fingerprint density at radius 2 is 2.38 bits per heavy atom. The fraction of sp³-hybridized carbons (Fsp3) is 0.455. The second kappa shape index (κ2) is 4.49. The van der Waals surface area contributed by atoms with E-state index >= 15 is 0 Å². The molecule has 0 radical (unpaired) electrons. The van der Waals surface area contributed by atoms with Crippen molar-refractivity contribution in [3.8, 4) is 5.75 Å². The highest BCUT2D eigenvalue weighted by Gasteiger charge is 2.19. The van der Waals surface area contributed by atoms with Crippen molar-refractivity contribution in [1.82, 2.24) is 5.32 Å². The summed E-state index contributed by atoms with van der Waals surface area (Å²) >= 11 is 0. The molecule has 5 nitrogen and oxygen atoms in total. The summed E-state index contributed by atoms with van der Waals surface area (Å²) in [4.78, 5) is 10.4. The lowest BCUT2D eigenvalue weighted by atomic mass is 10.2. The quantitative estimate of drug-likeness (QED) is 0.623. The standard InChI is InChI=1S/C11H14N2O3/c1-8-10(13(14)15)3-2-4-11(8)16-9-5-6-12-7-9/h2-4,9,12H,5-7H2,1H3. The van der Waals surface area contributed by atoms with Gasteiger partial charge in [-0.25, -0.2) is 0 Å². The van der Waals surface area contributed by atoms with Crippen LogP contribution in [0.15, 0.2) is 18.2 Å². The molecule has 1 unspecified atom stereocenters. The van der Waals surface area contributed by atoms with Gasteiger partial charge in [-0.2, -0.15) is 0 Å². The van der Waals surface area contributed by atoms with Gasteiger partial charge in [-0.3, -0.25) is 10.1 Å². The van der Waals surface area contributed by atoms with Crippen LogP contribution >= 0.6 is 0 Å². The number of hydrogen-bond acceptors (Lipinski definition) is 4. The molecule has 1 saturated heterocycles. The number of ether oxygens (including phenoxy) is 1. The van der Waals surface area contributed by atoms with Gasteiger partial charge in [0.2, 0.25) is 0 Å². The SMILES string of the molecule is Cc1c(OC2CCNC2)cccc1[N+](=O)[O-]. The first-order chi connectivity index (χ1) is 7.68. The van der Waals surface area contributed by atoms with Crippen molar-refractivity contribution in [3.05, 3.63) is 33.9 Å². The summed E-state index contributed by atoms with van der Waals surface area (Å²) in [6, 6.07) is 4.93. The molecule has 0 aromatic heterocycles. The Morgan fingerprint density at radius 1 is 1.56 bits per heavy atom. The second-order valence-electron chi connectivity index (χ2n) is 3.89. The van der Waals surface area contributed by atoms with Gasteiger partial charge in [0.15, 0.2) is 0 Å². The number of nitrogens with zero attached hydrogens (tertiary/aromatic N) is 1. The minimum absolute atomic E-state index is 0.114. The smallest absolute Gasteiger partial charge is 0.276 e. The molecule has 1 aromatic carbocycles. The number of nitro groups is 1. The topological polar surface area (TPSA) is 64.4 Å². The van der Waals surface area contributed by atoms with Crippen LogP contribution in [0.3, 0.4) is 0 Å². The van der Waals surface area contributed by atoms with Crippen molar-refractivity contribution in [1.29, 1.82) is 0 Å². The molecule has 0 spiro atoms. The molecule has 0 saturated carbocycles. The molecule has 2 rings (SSSR count). The van der Waals surface area contributed by atoms with E-state index in [1.54, 1.807) is 19.1 Å². The number of nitrogens with one attached hydrogen (secondary N) is 1. The van der Waals surface area contributed by atoms with Crippen LogP contribution < -0.4 is 10.1 Å². The molecule has 1 N–H and O–H groups in total. The van der Waals surface area contributed by atoms with Crippen LogP contribution in [0.4, 0.5) is 5.69 Å². The molecular formula is C11H14N2O3. The fourth-order valence-electron chi connectivity index (χ4n) is 1.84. The minimum atomic E-state index is -0.380. The van der Waals surface area contributed by atoms with Gasteiger partial charge in [-0.15, -0.1) is 0 Å². The highest BCUT2D eigenvalue weighted by atomic mass is 16.6. The summed E-state index contributed by atoms with van der Waals surface area (Å²) in [5.41, 5.74) is 0.711. The highest BCUT2D eigenvalue weighted by Crippen LogP contribution is 2.28. The van der Waals surface area contributed by atoms with Gasteiger partial charge >= 0.3 is 0 Å². The lowest BCUT2D eigenvalue weighted by Crippen LogP contribution is -2.20. The maximum Gasteiger partial charge on any atom is 0.276 e. The zero-order valence-corrected chi connectivity index (χ0v) is 9.10. The predicted molar refractivity (Wildman–Crippen MR) is 59.7 cm³/mol. The highest BCUT2D eigenvalue weighted by molar-refractivity contribution is 5.48. The summed E-state index contributed by atoms with van der Waals surface area (Å²) in [5, 5.41) is 13.9. The Kier molecular flexibility index (Phi) is 3.05. The Hall–Kier alpha value is -1.62. The molecule has 1 fully saturated rings. The maximum atomic E-state index is 10.7. The van der Waals surface area contributed by atoms with Crippen LogP contribution in [0.1, 0.15) is 12.0 Å². The maximum absolute atomic E-state index is 10.7. The number of rotatable bonds is 3. The summed E-state index contributed by atoms with van der Waals surface area (Å²) in [7, 11) is 0. The van der Waals surface area contributed by atoms with E-state index < -0.39 is 0 Å². The molecular weight excluding hydrogens is 208 g/mol. The van der Waals surface area contributed by atoms with Gasteiger partial charge in [0.05, 0.1) is 10.5 Å². The third-order valence-corrected chi connectivity index (χ3v) is 2.76. The van der Waals surface area contributed by atoms with Crippen LogP contribution in [0, 0.1) is 17.0 Å². The third kappa shape index (κ3) is 2.14. The lowest BCUT2D eigenvalue weighted by molar-refractivity contribution is -0.385. The molecule has 1 aromatic rings. The number of benzene rings is 1. The molecule has 0 amide bonds. The normalized spacial score (nSPS) is 19.7. The Morgan fingerprint density at radius 3 is 3.00 bits per heavy atom. The monoisotopic (exact) mass is 222 g/mol. The molecule has 1 heterocycles. The first kappa shape index (κ1) is 10.9. The van der Waals surface area contributed by atoms with E-state index in [9.17, 15) is 10.1 Å². The zero-order valence-electron chi connectivity index (χ0n) is 9.10. The fourth-order valence-corrected chi connectivity index (χ4v) is 1.84. The van der Waals surface area contributed by atoms with Crippen LogP contribution in [0.5, 0.6) is 5.75 Å². The Balaban J connectivity index is 2.20. The van der Waals surface area contributed by atoms with Crippen LogP contribution in [-0.4, -0.2) is 24.1 Å². The van der Waals surface area contributed by atoms with E-state index in [1.165, 1.54) is 6.07 Å². The van der Waals surface area contributed by atoms with E-state index in [4.69, 9.17) is 4.74 Å². The van der Waals surface area contributed by atoms with Crippen molar-refractivity contribution in [2.45, 2.75) is 19.4 Å². The van der Waals surface area contributed by atoms with E-state index in [2.05, 4.69) is 5.32 Å². The Bertz CT molecular complexity index is 400. The van der Waals surface area contributed by atoms with Gasteiger partial charge in [0, 0.05) is 12.6 Å². The minimum Gasteiger partial charge on any atom is -0.489 e. The summed E-state index contributed by atoms with van der Waals surface area (Å²) in [6.45, 7) is 3.47. The van der Waals surface area contributed by atoms with Crippen LogP contribution in [0.2, 0.25) is 0 Å². The van der Waals surface area contributed by atoms with Crippen LogP contribution in [0.25, 0.3) is 0 Å². The van der Waals surface area contributed by atoms with Crippen LogP contribution in [-0.2, 0) is 0 Å². The van der Waals surface area contributed by atoms with E-state index in [-0.39, 0.29) is 16.7 Å². The largest absolute Gasteiger partial charge is 0.489 e. The average molecular weight is 222 g/mol. The zero-order chi connectivity index (χ0) is 11.5. The molecule has 16 heavy (non-hydrogen) atoms. The van der Waals surface area contributed by atoms with Gasteiger partial charge in [0.1, 0.15) is 11.9 Å². The summed E-state index contributed by atoms with van der Waals surface area (Å²) < 4.78 is 5.73. The first-order valence-corrected chi connectivity index (χ1v) is 5.30. The van der Waals surface area contributed by atoms with Crippen molar-refractivity contribution >= 4 is 5.69 Å². The van der Waals surface area contributed by atoms with Crippen molar-refractivity contribution < 1.29 is 9.66 Å². The van der Waals surface area contributed by atoms with Crippen molar-refractivity contribution in [3.63, 3.8) is 0 Å². The lowest BCUT2D eigenvalue weighted by Gasteiger charge is -2.14. The molecule has 86 valence electrons. The van der Waals surface area contributed by atoms with E-state index in [1.807, 2.05) is 0 Å². The third-order valence-electron chi connectivity index (χ3n) is 2.76. The molecule has 1 aliphatic heterocycles. The van der Waals surface area contributed by atoms with Gasteiger partial charge < -0.3 is 10.1 Å². The number of nitro benzene ring substituents is 1. The molecule has 1 aliphatic rings. The molecule has 1 atom stereocenters. The van der Waals surface area contributed by atoms with Gasteiger partial charge in [0.25, 0.3) is 5.69 Å². The summed E-state index contributed by atoms with van der Waals surface area (Å²) in [5.74, 6) is 0.614. The van der Waals surface area contributed by atoms with Crippen molar-refractivity contribution in [2.24, 2.45) is 0 Å². The average Bonchev–Trinajstić information content (AvgIpc) is 2.73. The number of hydrogen-bond donors (Lipinski definition) is 1. The summed E-state index contributed by atoms with van der Waals surface area (Å²) in [6.07, 6.45) is 1.07. The van der Waals surface area contributed by atoms with Crippen molar-refractivity contribution in [2.75, 3.05) is 13.1 Å². The van der Waals surface area contributed by atoms with Gasteiger partial charge in [-0.05, 0) is 26.0 Å². The van der Waals surface area contributed by atoms with E-state index in [0.29, 0.717) is 11.3 Å². The van der Waals surface area contributed by atoms with E-state index in [0.717, 1.165) is 19.5 Å². The predicted octanol–water partition coefficient (Wildman–Crippen LogP) is 1.64. The molecule has 5 heteroatoms.